The van der Waals surface area contributed by atoms with Gasteiger partial charge >= 0.3 is 6.18 Å². The summed E-state index contributed by atoms with van der Waals surface area (Å²) in [5.41, 5.74) is 0.970. The highest BCUT2D eigenvalue weighted by atomic mass is 35.5. The number of halogens is 4. The van der Waals surface area contributed by atoms with Gasteiger partial charge in [-0.05, 0) is 59.1 Å². The third-order valence-electron chi connectivity index (χ3n) is 6.14. The predicted octanol–water partition coefficient (Wildman–Crippen LogP) is 4.08. The van der Waals surface area contributed by atoms with Crippen molar-refractivity contribution in [3.63, 3.8) is 0 Å². The van der Waals surface area contributed by atoms with Crippen LogP contribution in [0.3, 0.4) is 0 Å². The van der Waals surface area contributed by atoms with Gasteiger partial charge in [-0.1, -0.05) is 23.7 Å². The molecule has 0 unspecified atom stereocenters. The van der Waals surface area contributed by atoms with Crippen molar-refractivity contribution in [3.8, 4) is 0 Å². The van der Waals surface area contributed by atoms with E-state index in [1.807, 2.05) is 4.90 Å². The SMILES string of the molecule is O=C1N=C(N2CCN[C@@H](CO)C2)SC1=C(Cc1ccc(Cl)cc1C(F)(F)F)c1ccc2[nH]ncc2c1. The number of H-pyrrole nitrogens is 1. The number of thioether (sulfide) groups is 1. The molecule has 0 bridgehead atoms. The number of nitrogens with one attached hydrogen (secondary N) is 2. The molecule has 5 rings (SSSR count). The van der Waals surface area contributed by atoms with Crippen LogP contribution in [0.5, 0.6) is 0 Å². The standard InChI is InChI=1S/C24H21ClF3N5O2S/c25-16-3-1-14(19(9-16)24(26,27)28)8-18(13-2-4-20-15(7-13)10-30-32-20)21-22(35)31-23(36-21)33-6-5-29-17(11-33)12-34/h1-4,7,9-10,17,29,34H,5-6,8,11-12H2,(H,30,32)/t17-/m1/s1. The number of piperazine rings is 1. The van der Waals surface area contributed by atoms with E-state index in [0.717, 1.165) is 28.7 Å². The first-order valence-electron chi connectivity index (χ1n) is 11.2. The lowest BCUT2D eigenvalue weighted by Crippen LogP contribution is -2.53. The van der Waals surface area contributed by atoms with Crippen LogP contribution >= 0.6 is 23.4 Å². The molecule has 1 aromatic heterocycles. The first-order valence-corrected chi connectivity index (χ1v) is 12.3. The Morgan fingerprint density at radius 1 is 1.25 bits per heavy atom. The van der Waals surface area contributed by atoms with E-state index >= 15 is 0 Å². The Bertz CT molecular complexity index is 1390. The number of carbonyl (C=O) groups is 1. The minimum atomic E-state index is -4.61. The molecule has 1 atom stereocenters. The molecule has 3 aromatic rings. The minimum absolute atomic E-state index is 0.00561. The largest absolute Gasteiger partial charge is 0.416 e. The summed E-state index contributed by atoms with van der Waals surface area (Å²) < 4.78 is 41.6. The fraction of sp³-hybridized carbons (Fsp3) is 0.292. The Kier molecular flexibility index (Phi) is 6.82. The number of aromatic amines is 1. The zero-order valence-corrected chi connectivity index (χ0v) is 20.3. The summed E-state index contributed by atoms with van der Waals surface area (Å²) in [6, 6.07) is 8.83. The number of hydrogen-bond donors (Lipinski definition) is 3. The number of aromatic nitrogens is 2. The van der Waals surface area contributed by atoms with E-state index < -0.39 is 17.6 Å². The van der Waals surface area contributed by atoms with E-state index in [0.29, 0.717) is 35.9 Å². The summed E-state index contributed by atoms with van der Waals surface area (Å²) >= 11 is 7.03. The number of alkyl halides is 3. The zero-order chi connectivity index (χ0) is 25.4. The van der Waals surface area contributed by atoms with Crippen LogP contribution in [0.4, 0.5) is 13.2 Å². The van der Waals surface area contributed by atoms with Crippen molar-refractivity contribution in [2.45, 2.75) is 18.6 Å². The number of fused-ring (bicyclic) bond motifs is 1. The maximum Gasteiger partial charge on any atom is 0.416 e. The highest BCUT2D eigenvalue weighted by molar-refractivity contribution is 8.18. The van der Waals surface area contributed by atoms with E-state index in [1.54, 1.807) is 24.4 Å². The molecule has 3 heterocycles. The Hall–Kier alpha value is -2.86. The Labute approximate surface area is 213 Å². The molecule has 7 nitrogen and oxygen atoms in total. The molecule has 0 saturated carbocycles. The van der Waals surface area contributed by atoms with Gasteiger partial charge in [-0.3, -0.25) is 9.89 Å². The minimum Gasteiger partial charge on any atom is -0.395 e. The lowest BCUT2D eigenvalue weighted by Gasteiger charge is -2.33. The summed E-state index contributed by atoms with van der Waals surface area (Å²) in [6.07, 6.45) is -3.14. The fourth-order valence-corrected chi connectivity index (χ4v) is 5.57. The number of amides is 1. The molecule has 188 valence electrons. The maximum atomic E-state index is 13.9. The van der Waals surface area contributed by atoms with Gasteiger partial charge in [-0.25, -0.2) is 0 Å². The molecule has 2 aliphatic heterocycles. The molecule has 0 spiro atoms. The van der Waals surface area contributed by atoms with Crippen LogP contribution in [-0.4, -0.2) is 63.6 Å². The Morgan fingerprint density at radius 3 is 2.86 bits per heavy atom. The third kappa shape index (κ3) is 5.01. The second-order valence-electron chi connectivity index (χ2n) is 8.54. The van der Waals surface area contributed by atoms with Crippen molar-refractivity contribution >= 4 is 50.9 Å². The van der Waals surface area contributed by atoms with Gasteiger partial charge in [0.15, 0.2) is 5.17 Å². The molecule has 0 radical (unpaired) electrons. The average Bonchev–Trinajstić information content (AvgIpc) is 3.48. The number of amidine groups is 1. The van der Waals surface area contributed by atoms with Crippen LogP contribution in [0.1, 0.15) is 16.7 Å². The van der Waals surface area contributed by atoms with Crippen molar-refractivity contribution in [2.24, 2.45) is 4.99 Å². The monoisotopic (exact) mass is 535 g/mol. The summed E-state index contributed by atoms with van der Waals surface area (Å²) in [6.45, 7) is 1.61. The summed E-state index contributed by atoms with van der Waals surface area (Å²) in [5, 5.41) is 20.8. The van der Waals surface area contributed by atoms with Gasteiger partial charge < -0.3 is 15.3 Å². The molecular weight excluding hydrogens is 515 g/mol. The molecule has 12 heteroatoms. The second-order valence-corrected chi connectivity index (χ2v) is 9.95. The smallest absolute Gasteiger partial charge is 0.395 e. The lowest BCUT2D eigenvalue weighted by molar-refractivity contribution is -0.138. The van der Waals surface area contributed by atoms with Crippen molar-refractivity contribution < 1.29 is 23.1 Å². The van der Waals surface area contributed by atoms with Gasteiger partial charge in [0.25, 0.3) is 5.91 Å². The number of rotatable bonds is 4. The van der Waals surface area contributed by atoms with Crippen LogP contribution in [0.2, 0.25) is 5.02 Å². The van der Waals surface area contributed by atoms with E-state index in [1.165, 1.54) is 12.1 Å². The quantitative estimate of drug-likeness (QED) is 0.436. The Balaban J connectivity index is 1.57. The molecule has 36 heavy (non-hydrogen) atoms. The normalized spacial score (nSPS) is 20.2. The molecule has 1 fully saturated rings. The average molecular weight is 536 g/mol. The summed E-state index contributed by atoms with van der Waals surface area (Å²) in [5.74, 6) is -0.501. The molecule has 2 aromatic carbocycles. The van der Waals surface area contributed by atoms with E-state index in [9.17, 15) is 23.1 Å². The molecular formula is C24H21ClF3N5O2S. The summed E-state index contributed by atoms with van der Waals surface area (Å²) in [7, 11) is 0. The van der Waals surface area contributed by atoms with Crippen LogP contribution in [-0.2, 0) is 17.4 Å². The van der Waals surface area contributed by atoms with E-state index in [4.69, 9.17) is 11.6 Å². The lowest BCUT2D eigenvalue weighted by atomic mass is 9.93. The first kappa shape index (κ1) is 24.8. The van der Waals surface area contributed by atoms with Crippen LogP contribution in [0.15, 0.2) is 52.5 Å². The number of aliphatic hydroxyl groups excluding tert-OH is 1. The van der Waals surface area contributed by atoms with Crippen LogP contribution < -0.4 is 5.32 Å². The van der Waals surface area contributed by atoms with E-state index in [-0.39, 0.29) is 34.6 Å². The molecule has 3 N–H and O–H groups in total. The predicted molar refractivity (Wildman–Crippen MR) is 134 cm³/mol. The van der Waals surface area contributed by atoms with Gasteiger partial charge in [-0.2, -0.15) is 23.3 Å². The number of aliphatic hydroxyl groups is 1. The van der Waals surface area contributed by atoms with Gasteiger partial charge in [-0.15, -0.1) is 0 Å². The number of hydrogen-bond acceptors (Lipinski definition) is 6. The van der Waals surface area contributed by atoms with Crippen molar-refractivity contribution in [1.82, 2.24) is 20.4 Å². The van der Waals surface area contributed by atoms with Crippen molar-refractivity contribution in [1.29, 1.82) is 0 Å². The number of carbonyl (C=O) groups excluding carboxylic acids is 1. The second kappa shape index (κ2) is 9.89. The van der Waals surface area contributed by atoms with E-state index in [2.05, 4.69) is 20.5 Å². The third-order valence-corrected chi connectivity index (χ3v) is 7.53. The van der Waals surface area contributed by atoms with Gasteiger partial charge in [0.05, 0.1) is 28.8 Å². The van der Waals surface area contributed by atoms with Crippen LogP contribution in [0.25, 0.3) is 16.5 Å². The highest BCUT2D eigenvalue weighted by Crippen LogP contribution is 2.40. The number of aliphatic imine (C=N–C) groups is 1. The highest BCUT2D eigenvalue weighted by Gasteiger charge is 2.36. The van der Waals surface area contributed by atoms with Gasteiger partial charge in [0.1, 0.15) is 0 Å². The number of benzene rings is 2. The number of nitrogens with zero attached hydrogens (tertiary/aromatic N) is 3. The molecule has 0 aliphatic carbocycles. The van der Waals surface area contributed by atoms with Crippen LogP contribution in [0, 0.1) is 0 Å². The molecule has 1 saturated heterocycles. The first-order chi connectivity index (χ1) is 17.2. The van der Waals surface area contributed by atoms with Gasteiger partial charge in [0.2, 0.25) is 0 Å². The summed E-state index contributed by atoms with van der Waals surface area (Å²) in [4.78, 5) is 19.5. The van der Waals surface area contributed by atoms with Gasteiger partial charge in [0, 0.05) is 36.1 Å². The molecule has 2 aliphatic rings. The number of allylic oxidation sites excluding steroid dienone is 1. The molecule has 1 amide bonds. The fourth-order valence-electron chi connectivity index (χ4n) is 4.34. The zero-order valence-electron chi connectivity index (χ0n) is 18.8. The maximum absolute atomic E-state index is 13.9. The van der Waals surface area contributed by atoms with Crippen molar-refractivity contribution in [2.75, 3.05) is 26.2 Å². The Morgan fingerprint density at radius 2 is 2.08 bits per heavy atom. The topological polar surface area (TPSA) is 93.6 Å². The van der Waals surface area contributed by atoms with Crippen molar-refractivity contribution in [3.05, 3.63) is 69.2 Å².